The Labute approximate surface area is 137 Å². The Kier molecular flexibility index (Phi) is 5.67. The molecule has 0 atom stereocenters. The minimum Gasteiger partial charge on any atom is -0.496 e. The summed E-state index contributed by atoms with van der Waals surface area (Å²) in [4.78, 5) is 22.3. The van der Waals surface area contributed by atoms with Gasteiger partial charge in [-0.25, -0.2) is 4.39 Å². The predicted molar refractivity (Wildman–Crippen MR) is 83.9 cm³/mol. The van der Waals surface area contributed by atoms with Gasteiger partial charge >= 0.3 is 0 Å². The number of nitrogens with zero attached hydrogens (tertiary/aromatic N) is 1. The zero-order chi connectivity index (χ0) is 17.5. The van der Waals surface area contributed by atoms with Crippen LogP contribution in [-0.4, -0.2) is 31.1 Å². The molecule has 0 unspecified atom stereocenters. The van der Waals surface area contributed by atoms with Gasteiger partial charge in [0.15, 0.2) is 11.6 Å². The number of carbonyl (C=O) groups is 1. The molecule has 2 aromatic rings. The number of hydrogen-bond acceptors (Lipinski definition) is 5. The van der Waals surface area contributed by atoms with Crippen LogP contribution >= 0.6 is 0 Å². The van der Waals surface area contributed by atoms with E-state index in [9.17, 15) is 19.3 Å². The molecule has 0 aliphatic rings. The van der Waals surface area contributed by atoms with Crippen LogP contribution in [0.2, 0.25) is 0 Å². The lowest BCUT2D eigenvalue weighted by atomic mass is 10.1. The highest BCUT2D eigenvalue weighted by Crippen LogP contribution is 2.23. The number of halogens is 1. The van der Waals surface area contributed by atoms with E-state index in [0.717, 1.165) is 6.07 Å². The van der Waals surface area contributed by atoms with Crippen LogP contribution < -0.4 is 14.8 Å². The van der Waals surface area contributed by atoms with E-state index in [2.05, 4.69) is 5.32 Å². The Morgan fingerprint density at radius 3 is 2.67 bits per heavy atom. The van der Waals surface area contributed by atoms with Crippen LogP contribution in [0.3, 0.4) is 0 Å². The summed E-state index contributed by atoms with van der Waals surface area (Å²) in [6.07, 6.45) is 0. The fourth-order valence-corrected chi connectivity index (χ4v) is 1.97. The normalized spacial score (nSPS) is 10.1. The molecule has 0 heterocycles. The summed E-state index contributed by atoms with van der Waals surface area (Å²) in [7, 11) is 1.36. The molecule has 0 bridgehead atoms. The maximum absolute atomic E-state index is 13.4. The van der Waals surface area contributed by atoms with Gasteiger partial charge in [0, 0.05) is 12.1 Å². The third kappa shape index (κ3) is 4.19. The van der Waals surface area contributed by atoms with Crippen molar-refractivity contribution in [3.05, 3.63) is 64.0 Å². The molecule has 1 amide bonds. The van der Waals surface area contributed by atoms with Gasteiger partial charge in [0.1, 0.15) is 12.4 Å². The first kappa shape index (κ1) is 17.2. The second-order valence-electron chi connectivity index (χ2n) is 4.68. The van der Waals surface area contributed by atoms with E-state index >= 15 is 0 Å². The van der Waals surface area contributed by atoms with Gasteiger partial charge in [-0.3, -0.25) is 14.9 Å². The number of nitro groups is 1. The van der Waals surface area contributed by atoms with Crippen LogP contribution in [0.25, 0.3) is 0 Å². The summed E-state index contributed by atoms with van der Waals surface area (Å²) in [6.45, 7) is 0.142. The smallest absolute Gasteiger partial charge is 0.270 e. The van der Waals surface area contributed by atoms with Gasteiger partial charge in [-0.05, 0) is 18.2 Å². The maximum Gasteiger partial charge on any atom is 0.270 e. The SMILES string of the molecule is COc1ccc([N+](=O)[O-])cc1C(=O)NCCOc1ccccc1F. The second-order valence-corrected chi connectivity index (χ2v) is 4.68. The number of para-hydroxylation sites is 1. The van der Waals surface area contributed by atoms with E-state index in [4.69, 9.17) is 9.47 Å². The average molecular weight is 334 g/mol. The second kappa shape index (κ2) is 7.91. The van der Waals surface area contributed by atoms with Gasteiger partial charge < -0.3 is 14.8 Å². The highest BCUT2D eigenvalue weighted by molar-refractivity contribution is 5.97. The molecular formula is C16H15FN2O5. The van der Waals surface area contributed by atoms with Gasteiger partial charge in [0.05, 0.1) is 24.1 Å². The Morgan fingerprint density at radius 2 is 2.00 bits per heavy atom. The van der Waals surface area contributed by atoms with Crippen LogP contribution in [0.5, 0.6) is 11.5 Å². The minimum atomic E-state index is -0.600. The fourth-order valence-electron chi connectivity index (χ4n) is 1.97. The van der Waals surface area contributed by atoms with Crippen LogP contribution in [0.4, 0.5) is 10.1 Å². The fraction of sp³-hybridized carbons (Fsp3) is 0.188. The van der Waals surface area contributed by atoms with Crippen molar-refractivity contribution < 1.29 is 23.6 Å². The molecule has 0 saturated heterocycles. The highest BCUT2D eigenvalue weighted by atomic mass is 19.1. The molecule has 7 nitrogen and oxygen atoms in total. The summed E-state index contributed by atoms with van der Waals surface area (Å²) in [5.41, 5.74) is -0.179. The average Bonchev–Trinajstić information content (AvgIpc) is 2.59. The molecule has 126 valence electrons. The summed E-state index contributed by atoms with van der Waals surface area (Å²) in [5, 5.41) is 13.3. The van der Waals surface area contributed by atoms with Crippen LogP contribution in [0.15, 0.2) is 42.5 Å². The summed E-state index contributed by atoms with van der Waals surface area (Å²) < 4.78 is 23.6. The monoisotopic (exact) mass is 334 g/mol. The number of nitro benzene ring substituents is 1. The standard InChI is InChI=1S/C16H15FN2O5/c1-23-14-7-6-11(19(21)22)10-12(14)16(20)18-8-9-24-15-5-3-2-4-13(15)17/h2-7,10H,8-9H2,1H3,(H,18,20). The van der Waals surface area contributed by atoms with E-state index in [0.29, 0.717) is 0 Å². The molecule has 0 aliphatic heterocycles. The molecule has 0 spiro atoms. The number of ether oxygens (including phenoxy) is 2. The van der Waals surface area contributed by atoms with Gasteiger partial charge in [-0.1, -0.05) is 12.1 Å². The van der Waals surface area contributed by atoms with Crippen molar-refractivity contribution in [2.24, 2.45) is 0 Å². The lowest BCUT2D eigenvalue weighted by Gasteiger charge is -2.10. The Balaban J connectivity index is 1.96. The van der Waals surface area contributed by atoms with Crippen molar-refractivity contribution in [1.82, 2.24) is 5.32 Å². The predicted octanol–water partition coefficient (Wildman–Crippen LogP) is 2.55. The number of carbonyl (C=O) groups excluding carboxylic acids is 1. The summed E-state index contributed by atoms with van der Waals surface area (Å²) in [6, 6.07) is 9.64. The first-order chi connectivity index (χ1) is 11.5. The van der Waals surface area contributed by atoms with Crippen molar-refractivity contribution in [2.45, 2.75) is 0 Å². The number of methoxy groups -OCH3 is 1. The van der Waals surface area contributed by atoms with E-state index in [1.54, 1.807) is 12.1 Å². The number of amides is 1. The Hall–Kier alpha value is -3.16. The van der Waals surface area contributed by atoms with Crippen LogP contribution in [0.1, 0.15) is 10.4 Å². The molecule has 0 saturated carbocycles. The van der Waals surface area contributed by atoms with Crippen molar-refractivity contribution in [3.63, 3.8) is 0 Å². The molecule has 8 heteroatoms. The number of hydrogen-bond donors (Lipinski definition) is 1. The van der Waals surface area contributed by atoms with Gasteiger partial charge in [0.25, 0.3) is 11.6 Å². The van der Waals surface area contributed by atoms with E-state index in [1.807, 2.05) is 0 Å². The topological polar surface area (TPSA) is 90.7 Å². The van der Waals surface area contributed by atoms with E-state index < -0.39 is 16.6 Å². The van der Waals surface area contributed by atoms with Crippen molar-refractivity contribution in [1.29, 1.82) is 0 Å². The molecule has 2 aromatic carbocycles. The quantitative estimate of drug-likeness (QED) is 0.477. The van der Waals surface area contributed by atoms with E-state index in [1.165, 1.54) is 31.4 Å². The third-order valence-electron chi connectivity index (χ3n) is 3.12. The largest absolute Gasteiger partial charge is 0.496 e. The minimum absolute atomic E-state index is 0.0394. The highest BCUT2D eigenvalue weighted by Gasteiger charge is 2.17. The molecule has 0 aromatic heterocycles. The van der Waals surface area contributed by atoms with Gasteiger partial charge in [-0.2, -0.15) is 0 Å². The molecule has 1 N–H and O–H groups in total. The number of nitrogens with one attached hydrogen (secondary N) is 1. The van der Waals surface area contributed by atoms with Crippen molar-refractivity contribution in [3.8, 4) is 11.5 Å². The number of rotatable bonds is 7. The summed E-state index contributed by atoms with van der Waals surface area (Å²) in [5.74, 6) is -0.746. The molecule has 0 aliphatic carbocycles. The number of non-ortho nitro benzene ring substituents is 1. The molecule has 0 radical (unpaired) electrons. The van der Waals surface area contributed by atoms with E-state index in [-0.39, 0.29) is 35.9 Å². The lowest BCUT2D eigenvalue weighted by Crippen LogP contribution is -2.28. The first-order valence-electron chi connectivity index (χ1n) is 7.01. The zero-order valence-electron chi connectivity index (χ0n) is 12.8. The maximum atomic E-state index is 13.4. The van der Waals surface area contributed by atoms with Crippen LogP contribution in [0, 0.1) is 15.9 Å². The van der Waals surface area contributed by atoms with Crippen molar-refractivity contribution in [2.75, 3.05) is 20.3 Å². The lowest BCUT2D eigenvalue weighted by molar-refractivity contribution is -0.384. The number of benzene rings is 2. The Bertz CT molecular complexity index is 751. The first-order valence-corrected chi connectivity index (χ1v) is 7.01. The third-order valence-corrected chi connectivity index (χ3v) is 3.12. The molecular weight excluding hydrogens is 319 g/mol. The Morgan fingerprint density at radius 1 is 1.25 bits per heavy atom. The zero-order valence-corrected chi connectivity index (χ0v) is 12.8. The van der Waals surface area contributed by atoms with Gasteiger partial charge in [-0.15, -0.1) is 0 Å². The summed E-state index contributed by atoms with van der Waals surface area (Å²) >= 11 is 0. The van der Waals surface area contributed by atoms with Gasteiger partial charge in [0.2, 0.25) is 0 Å². The molecule has 0 fully saturated rings. The van der Waals surface area contributed by atoms with Crippen molar-refractivity contribution >= 4 is 11.6 Å². The molecule has 24 heavy (non-hydrogen) atoms. The van der Waals surface area contributed by atoms with Crippen LogP contribution in [-0.2, 0) is 0 Å². The molecule has 2 rings (SSSR count).